The first kappa shape index (κ1) is 19.9. The maximum atomic E-state index is 9.39. The van der Waals surface area contributed by atoms with Gasteiger partial charge in [-0.2, -0.15) is 0 Å². The van der Waals surface area contributed by atoms with E-state index in [0.717, 1.165) is 21.5 Å². The van der Waals surface area contributed by atoms with Gasteiger partial charge in [0, 0.05) is 27.5 Å². The minimum atomic E-state index is -0.356. The standard InChI is InChI=1S/C41H25N3O/c1-2-9-26(10-3-1)29-18-19-31-25-33(22-20-30(31)23-29)40-42-39(32-21-17-27-11-4-5-12-28(27)24-32)43-41(44-40)35-14-8-16-37-38(35)34-13-6-7-15-36(34)45-37/h1-25H/i18D,19D,20D,22D,23D,25D. The van der Waals surface area contributed by atoms with Gasteiger partial charge in [0.05, 0.1) is 8.22 Å². The van der Waals surface area contributed by atoms with Crippen LogP contribution < -0.4 is 0 Å². The highest BCUT2D eigenvalue weighted by molar-refractivity contribution is 6.11. The molecule has 2 heterocycles. The summed E-state index contributed by atoms with van der Waals surface area (Å²) in [6.45, 7) is 0. The highest BCUT2D eigenvalue weighted by Crippen LogP contribution is 2.37. The van der Waals surface area contributed by atoms with E-state index in [0.29, 0.717) is 33.7 Å². The molecule has 0 aliphatic carbocycles. The molecule has 7 aromatic carbocycles. The molecule has 9 aromatic rings. The molecule has 0 bridgehead atoms. The number of fused-ring (bicyclic) bond motifs is 5. The van der Waals surface area contributed by atoms with Crippen LogP contribution in [0.2, 0.25) is 0 Å². The predicted octanol–water partition coefficient (Wildman–Crippen LogP) is 10.7. The average molecular weight is 582 g/mol. The smallest absolute Gasteiger partial charge is 0.164 e. The first-order chi connectivity index (χ1) is 24.8. The van der Waals surface area contributed by atoms with Crippen LogP contribution in [-0.2, 0) is 0 Å². The Labute approximate surface area is 267 Å². The molecule has 0 fully saturated rings. The molecule has 0 N–H and O–H groups in total. The van der Waals surface area contributed by atoms with Crippen LogP contribution in [0.25, 0.3) is 88.8 Å². The first-order valence-corrected chi connectivity index (χ1v) is 14.5. The summed E-state index contributed by atoms with van der Waals surface area (Å²) < 4.78 is 60.9. The van der Waals surface area contributed by atoms with Crippen LogP contribution in [0.3, 0.4) is 0 Å². The van der Waals surface area contributed by atoms with Crippen molar-refractivity contribution in [2.75, 3.05) is 0 Å². The van der Waals surface area contributed by atoms with Crippen molar-refractivity contribution in [3.05, 3.63) is 152 Å². The molecule has 0 aliphatic rings. The summed E-state index contributed by atoms with van der Waals surface area (Å²) in [7, 11) is 0. The Balaban J connectivity index is 1.35. The first-order valence-electron chi connectivity index (χ1n) is 17.5. The maximum absolute atomic E-state index is 9.39. The zero-order valence-corrected chi connectivity index (χ0v) is 23.7. The number of hydrogen-bond donors (Lipinski definition) is 0. The quantitative estimate of drug-likeness (QED) is 0.207. The van der Waals surface area contributed by atoms with E-state index in [1.54, 1.807) is 24.3 Å². The summed E-state index contributed by atoms with van der Waals surface area (Å²) in [6, 6.07) is 34.2. The lowest BCUT2D eigenvalue weighted by atomic mass is 10.00. The molecule has 9 rings (SSSR count). The Hall–Kier alpha value is -6.13. The fraction of sp³-hybridized carbons (Fsp3) is 0. The van der Waals surface area contributed by atoms with E-state index in [9.17, 15) is 2.74 Å². The summed E-state index contributed by atoms with van der Waals surface area (Å²) >= 11 is 0. The monoisotopic (exact) mass is 581 g/mol. The molecular weight excluding hydrogens is 550 g/mol. The molecule has 0 atom stereocenters. The molecule has 0 spiro atoms. The molecule has 0 radical (unpaired) electrons. The lowest BCUT2D eigenvalue weighted by molar-refractivity contribution is 0.669. The van der Waals surface area contributed by atoms with Crippen molar-refractivity contribution in [2.24, 2.45) is 0 Å². The second-order valence-electron chi connectivity index (χ2n) is 10.8. The van der Waals surface area contributed by atoms with Gasteiger partial charge in [0.25, 0.3) is 0 Å². The normalized spacial score (nSPS) is 13.4. The van der Waals surface area contributed by atoms with Crippen LogP contribution >= 0.6 is 0 Å². The zero-order chi connectivity index (χ0) is 35.0. The molecule has 210 valence electrons. The fourth-order valence-electron chi connectivity index (χ4n) is 5.76. The topological polar surface area (TPSA) is 51.8 Å². The second-order valence-corrected chi connectivity index (χ2v) is 10.8. The Bertz CT molecular complexity index is 2890. The van der Waals surface area contributed by atoms with Crippen LogP contribution in [0.4, 0.5) is 0 Å². The van der Waals surface area contributed by atoms with Gasteiger partial charge in [-0.15, -0.1) is 0 Å². The highest BCUT2D eigenvalue weighted by atomic mass is 16.3. The minimum absolute atomic E-state index is 0.0250. The predicted molar refractivity (Wildman–Crippen MR) is 184 cm³/mol. The molecule has 0 unspecified atom stereocenters. The molecule has 45 heavy (non-hydrogen) atoms. The minimum Gasteiger partial charge on any atom is -0.456 e. The SMILES string of the molecule is [2H]c1c(-c2nc(-c3ccc4ccccc4c3)nc(-c3cccc4oc5ccccc5c34)n2)c([2H])c2c([2H])c([2H])c(-c3ccccc3)c([2H])c2c1[2H]. The van der Waals surface area contributed by atoms with Gasteiger partial charge in [0.1, 0.15) is 11.2 Å². The summed E-state index contributed by atoms with van der Waals surface area (Å²) in [5.41, 5.74) is 3.33. The second kappa shape index (κ2) is 10.2. The highest BCUT2D eigenvalue weighted by Gasteiger charge is 2.18. The van der Waals surface area contributed by atoms with Gasteiger partial charge >= 0.3 is 0 Å². The van der Waals surface area contributed by atoms with Crippen molar-refractivity contribution < 1.29 is 12.6 Å². The Morgan fingerprint density at radius 1 is 0.444 bits per heavy atom. The van der Waals surface area contributed by atoms with Crippen LogP contribution in [0.1, 0.15) is 8.22 Å². The largest absolute Gasteiger partial charge is 0.456 e. The molecule has 0 aliphatic heterocycles. The molecule has 4 nitrogen and oxygen atoms in total. The van der Waals surface area contributed by atoms with Crippen molar-refractivity contribution in [2.45, 2.75) is 0 Å². The van der Waals surface area contributed by atoms with E-state index >= 15 is 0 Å². The molecule has 4 heteroatoms. The number of furan rings is 1. The lowest BCUT2D eigenvalue weighted by Gasteiger charge is -2.11. The summed E-state index contributed by atoms with van der Waals surface area (Å²) in [5.74, 6) is 0.547. The third kappa shape index (κ3) is 4.43. The van der Waals surface area contributed by atoms with Gasteiger partial charge in [-0.05, 0) is 63.0 Å². The Morgan fingerprint density at radius 2 is 1.11 bits per heavy atom. The third-order valence-corrected chi connectivity index (χ3v) is 7.95. The lowest BCUT2D eigenvalue weighted by Crippen LogP contribution is -2.00. The Kier molecular flexibility index (Phi) is 4.54. The summed E-state index contributed by atoms with van der Waals surface area (Å²) in [6.07, 6.45) is 0. The van der Waals surface area contributed by atoms with Gasteiger partial charge in [-0.25, -0.2) is 15.0 Å². The van der Waals surface area contributed by atoms with E-state index in [4.69, 9.17) is 24.9 Å². The van der Waals surface area contributed by atoms with Gasteiger partial charge in [-0.1, -0.05) is 121 Å². The Morgan fingerprint density at radius 3 is 1.98 bits per heavy atom. The van der Waals surface area contributed by atoms with E-state index in [-0.39, 0.29) is 69.8 Å². The van der Waals surface area contributed by atoms with Crippen molar-refractivity contribution >= 4 is 43.5 Å². The van der Waals surface area contributed by atoms with Crippen molar-refractivity contribution in [3.8, 4) is 45.3 Å². The molecule has 0 amide bonds. The average Bonchev–Trinajstić information content (AvgIpc) is 3.55. The number of nitrogens with zero attached hydrogens (tertiary/aromatic N) is 3. The van der Waals surface area contributed by atoms with E-state index < -0.39 is 0 Å². The summed E-state index contributed by atoms with van der Waals surface area (Å²) in [4.78, 5) is 14.6. The summed E-state index contributed by atoms with van der Waals surface area (Å²) in [5, 5.41) is 3.58. The number of benzene rings is 7. The van der Waals surface area contributed by atoms with E-state index in [2.05, 4.69) is 0 Å². The number of aromatic nitrogens is 3. The number of para-hydroxylation sites is 1. The van der Waals surface area contributed by atoms with Crippen LogP contribution in [0, 0.1) is 0 Å². The molecule has 2 aromatic heterocycles. The third-order valence-electron chi connectivity index (χ3n) is 7.95. The molecular formula is C41H25N3O. The van der Waals surface area contributed by atoms with Crippen molar-refractivity contribution in [1.29, 1.82) is 0 Å². The maximum Gasteiger partial charge on any atom is 0.164 e. The van der Waals surface area contributed by atoms with Gasteiger partial charge in [0.2, 0.25) is 0 Å². The van der Waals surface area contributed by atoms with Crippen molar-refractivity contribution in [1.82, 2.24) is 15.0 Å². The molecule has 0 saturated carbocycles. The zero-order valence-electron chi connectivity index (χ0n) is 29.7. The van der Waals surface area contributed by atoms with Gasteiger partial charge < -0.3 is 4.42 Å². The van der Waals surface area contributed by atoms with Crippen LogP contribution in [-0.4, -0.2) is 15.0 Å². The molecule has 0 saturated heterocycles. The van der Waals surface area contributed by atoms with Gasteiger partial charge in [0.15, 0.2) is 17.5 Å². The van der Waals surface area contributed by atoms with Crippen LogP contribution in [0.5, 0.6) is 0 Å². The fourth-order valence-corrected chi connectivity index (χ4v) is 5.76. The van der Waals surface area contributed by atoms with E-state index in [1.807, 2.05) is 91.0 Å². The van der Waals surface area contributed by atoms with Crippen LogP contribution in [0.15, 0.2) is 156 Å². The van der Waals surface area contributed by atoms with Gasteiger partial charge in [-0.3, -0.25) is 0 Å². The van der Waals surface area contributed by atoms with E-state index in [1.165, 1.54) is 0 Å². The number of rotatable bonds is 4. The number of hydrogen-bond acceptors (Lipinski definition) is 4. The van der Waals surface area contributed by atoms with Crippen molar-refractivity contribution in [3.63, 3.8) is 0 Å².